The van der Waals surface area contributed by atoms with Gasteiger partial charge in [-0.3, -0.25) is 0 Å². The normalized spacial score (nSPS) is 20.3. The lowest BCUT2D eigenvalue weighted by molar-refractivity contribution is 0.435. The standard InChI is InChI=1S/C72H64N4/c1-7-28-67-61(22-1)62-23-2-8-29-68(62)74(67)58-19-13-16-52(46-58)49-34-40-55(41-35-49)73(56-42-36-50(37-43-56)53-17-14-20-59(47-53)75-69-30-9-3-24-63(69)64-25-4-10-31-70(64)75)57-44-38-51(39-45-57)54-18-15-21-60(48-54)76-71-32-11-5-26-65(71)66-27-6-12-33-72(66)76/h1-9,11,14,17,19,21-30,32,34,36-40,42-45,48,52-53,59H,10,12-13,15-16,18,20,31,33,35,41,46-47H2. The van der Waals surface area contributed by atoms with E-state index >= 15 is 0 Å². The maximum Gasteiger partial charge on any atom is 0.0537 e. The summed E-state index contributed by atoms with van der Waals surface area (Å²) in [6.07, 6.45) is 40.8. The fraction of sp³-hybridized carbons (Fsp3) is 0.222. The van der Waals surface area contributed by atoms with Crippen molar-refractivity contribution in [2.45, 2.75) is 95.4 Å². The molecule has 3 unspecified atom stereocenters. The summed E-state index contributed by atoms with van der Waals surface area (Å²) < 4.78 is 7.82. The predicted octanol–water partition coefficient (Wildman–Crippen LogP) is 19.1. The van der Waals surface area contributed by atoms with Crippen LogP contribution in [0.15, 0.2) is 212 Å². The van der Waals surface area contributed by atoms with Gasteiger partial charge in [-0.15, -0.1) is 0 Å². The number of para-hydroxylation sites is 4. The monoisotopic (exact) mass is 985 g/mol. The van der Waals surface area contributed by atoms with Crippen LogP contribution in [0.2, 0.25) is 0 Å². The van der Waals surface area contributed by atoms with Crippen LogP contribution in [-0.2, 0) is 12.8 Å². The lowest BCUT2D eigenvalue weighted by Crippen LogP contribution is -2.20. The molecule has 4 heteroatoms. The van der Waals surface area contributed by atoms with E-state index in [1.807, 2.05) is 0 Å². The minimum absolute atomic E-state index is 0.363. The van der Waals surface area contributed by atoms with E-state index in [0.717, 1.165) is 77.0 Å². The average molecular weight is 985 g/mol. The highest BCUT2D eigenvalue weighted by molar-refractivity contribution is 6.10. The van der Waals surface area contributed by atoms with Crippen molar-refractivity contribution < 1.29 is 0 Å². The van der Waals surface area contributed by atoms with Crippen LogP contribution in [0.1, 0.15) is 116 Å². The van der Waals surface area contributed by atoms with Gasteiger partial charge in [0, 0.05) is 90.0 Å². The summed E-state index contributed by atoms with van der Waals surface area (Å²) in [5, 5.41) is 5.43. The van der Waals surface area contributed by atoms with Gasteiger partial charge in [-0.25, -0.2) is 0 Å². The first-order valence-electron chi connectivity index (χ1n) is 28.4. The van der Waals surface area contributed by atoms with Crippen molar-refractivity contribution in [1.29, 1.82) is 0 Å². The van der Waals surface area contributed by atoms with Gasteiger partial charge >= 0.3 is 0 Å². The molecule has 4 nitrogen and oxygen atoms in total. The average Bonchev–Trinajstić information content (AvgIpc) is 4.17. The SMILES string of the molecule is C1=Cc2c(n(C3=CCCC(c4ccc(N(C5=CC=C(C6CCC=C(n7c8ccccc8c8ccccc87)C6)CC5)c5ccc(C6C=CCC(n7c8c(c9ccccc97)C=CCC8)C6)cc5)cc4)=C3)c3ccccc23)CC1. The van der Waals surface area contributed by atoms with E-state index in [1.165, 1.54) is 118 Å². The van der Waals surface area contributed by atoms with Crippen LogP contribution in [0.25, 0.3) is 72.7 Å². The molecule has 3 aromatic heterocycles. The Balaban J connectivity index is 0.748. The van der Waals surface area contributed by atoms with Crippen LogP contribution < -0.4 is 4.90 Å². The zero-order chi connectivity index (χ0) is 50.1. The molecule has 0 bridgehead atoms. The zero-order valence-corrected chi connectivity index (χ0v) is 43.4. The van der Waals surface area contributed by atoms with Crippen molar-refractivity contribution in [2.75, 3.05) is 4.90 Å². The van der Waals surface area contributed by atoms with E-state index in [-0.39, 0.29) is 0 Å². The van der Waals surface area contributed by atoms with Crippen LogP contribution in [0.3, 0.4) is 0 Å². The van der Waals surface area contributed by atoms with Gasteiger partial charge in [0.1, 0.15) is 0 Å². The van der Waals surface area contributed by atoms with Crippen LogP contribution in [0.4, 0.5) is 11.4 Å². The number of hydrogen-bond donors (Lipinski definition) is 0. The fourth-order valence-electron chi connectivity index (χ4n) is 14.4. The van der Waals surface area contributed by atoms with Gasteiger partial charge in [0.25, 0.3) is 0 Å². The molecular formula is C72H64N4. The van der Waals surface area contributed by atoms with Crippen LogP contribution in [0, 0.1) is 5.92 Å². The Hall–Kier alpha value is -8.08. The first-order valence-corrected chi connectivity index (χ1v) is 28.4. The molecule has 9 aromatic rings. The molecule has 0 N–H and O–H groups in total. The van der Waals surface area contributed by atoms with E-state index in [1.54, 1.807) is 5.57 Å². The molecule has 0 fully saturated rings. The Morgan fingerprint density at radius 2 is 1.13 bits per heavy atom. The number of allylic oxidation sites excluding steroid dienone is 14. The summed E-state index contributed by atoms with van der Waals surface area (Å²) in [4.78, 5) is 2.56. The van der Waals surface area contributed by atoms with Crippen molar-refractivity contribution in [3.63, 3.8) is 0 Å². The molecular weight excluding hydrogens is 921 g/mol. The smallest absolute Gasteiger partial charge is 0.0537 e. The minimum Gasteiger partial charge on any atom is -0.341 e. The molecule has 3 heterocycles. The van der Waals surface area contributed by atoms with E-state index in [4.69, 9.17) is 0 Å². The summed E-state index contributed by atoms with van der Waals surface area (Å²) in [7, 11) is 0. The molecule has 6 aromatic carbocycles. The first kappa shape index (κ1) is 45.3. The second kappa shape index (κ2) is 18.9. The molecule has 0 amide bonds. The number of nitrogens with zero attached hydrogens (tertiary/aromatic N) is 4. The minimum atomic E-state index is 0.363. The van der Waals surface area contributed by atoms with Gasteiger partial charge in [0.2, 0.25) is 0 Å². The molecule has 76 heavy (non-hydrogen) atoms. The van der Waals surface area contributed by atoms with Crippen LogP contribution >= 0.6 is 0 Å². The molecule has 0 radical (unpaired) electrons. The lowest BCUT2D eigenvalue weighted by atomic mass is 9.81. The highest BCUT2D eigenvalue weighted by Crippen LogP contribution is 2.45. The largest absolute Gasteiger partial charge is 0.341 e. The first-order chi connectivity index (χ1) is 37.7. The summed E-state index contributed by atoms with van der Waals surface area (Å²) >= 11 is 0. The summed E-state index contributed by atoms with van der Waals surface area (Å²) in [6.45, 7) is 0. The summed E-state index contributed by atoms with van der Waals surface area (Å²) in [5.41, 5.74) is 23.4. The van der Waals surface area contributed by atoms with Crippen molar-refractivity contribution in [2.24, 2.45) is 5.92 Å². The third-order valence-corrected chi connectivity index (χ3v) is 18.0. The second-order valence-electron chi connectivity index (χ2n) is 22.3. The van der Waals surface area contributed by atoms with E-state index < -0.39 is 0 Å². The Bertz CT molecular complexity index is 3980. The Kier molecular flexibility index (Phi) is 11.3. The van der Waals surface area contributed by atoms with E-state index in [9.17, 15) is 0 Å². The van der Waals surface area contributed by atoms with Gasteiger partial charge in [0.05, 0.1) is 16.6 Å². The molecule has 6 aliphatic rings. The maximum atomic E-state index is 2.71. The molecule has 15 rings (SSSR count). The van der Waals surface area contributed by atoms with Crippen molar-refractivity contribution in [3.8, 4) is 0 Å². The van der Waals surface area contributed by atoms with Gasteiger partial charge in [0.15, 0.2) is 0 Å². The third-order valence-electron chi connectivity index (χ3n) is 18.0. The molecule has 0 saturated heterocycles. The molecule has 6 aliphatic carbocycles. The van der Waals surface area contributed by atoms with Crippen molar-refractivity contribution in [3.05, 3.63) is 245 Å². The highest BCUT2D eigenvalue weighted by Gasteiger charge is 2.29. The third kappa shape index (κ3) is 7.70. The number of hydrogen-bond acceptors (Lipinski definition) is 1. The quantitative estimate of drug-likeness (QED) is 0.132. The summed E-state index contributed by atoms with van der Waals surface area (Å²) in [5.74, 6) is 0.889. The second-order valence-corrected chi connectivity index (χ2v) is 22.3. The van der Waals surface area contributed by atoms with Gasteiger partial charge in [-0.2, -0.15) is 0 Å². The molecule has 0 aliphatic heterocycles. The Morgan fingerprint density at radius 3 is 1.84 bits per heavy atom. The zero-order valence-electron chi connectivity index (χ0n) is 43.4. The Morgan fingerprint density at radius 1 is 0.500 bits per heavy atom. The van der Waals surface area contributed by atoms with Crippen molar-refractivity contribution >= 4 is 84.1 Å². The topological polar surface area (TPSA) is 18.0 Å². The Labute approximate surface area is 447 Å². The fourth-order valence-corrected chi connectivity index (χ4v) is 14.4. The van der Waals surface area contributed by atoms with Gasteiger partial charge in [-0.1, -0.05) is 157 Å². The van der Waals surface area contributed by atoms with Crippen molar-refractivity contribution in [1.82, 2.24) is 13.7 Å². The maximum absolute atomic E-state index is 2.71. The van der Waals surface area contributed by atoms with Gasteiger partial charge < -0.3 is 18.6 Å². The number of rotatable bonds is 9. The number of fused-ring (bicyclic) bond motifs is 9. The number of benzene rings is 6. The predicted molar refractivity (Wildman–Crippen MR) is 322 cm³/mol. The number of anilines is 2. The molecule has 0 spiro atoms. The van der Waals surface area contributed by atoms with E-state index in [2.05, 4.69) is 231 Å². The van der Waals surface area contributed by atoms with Gasteiger partial charge in [-0.05, 0) is 167 Å². The van der Waals surface area contributed by atoms with Crippen LogP contribution in [0.5, 0.6) is 0 Å². The molecule has 0 saturated carbocycles. The highest BCUT2D eigenvalue weighted by atomic mass is 15.1. The number of aromatic nitrogens is 3. The molecule has 3 atom stereocenters. The van der Waals surface area contributed by atoms with E-state index in [0.29, 0.717) is 17.9 Å². The lowest BCUT2D eigenvalue weighted by Gasteiger charge is -2.33. The molecule has 372 valence electrons. The summed E-state index contributed by atoms with van der Waals surface area (Å²) in [6, 6.07) is 55.6. The van der Waals surface area contributed by atoms with Crippen LogP contribution in [-0.4, -0.2) is 13.7 Å².